The summed E-state index contributed by atoms with van der Waals surface area (Å²) < 4.78 is 38.8. The fraction of sp³-hybridized carbons (Fsp3) is 0.321. The highest BCUT2D eigenvalue weighted by atomic mass is 19.1. The summed E-state index contributed by atoms with van der Waals surface area (Å²) in [6.45, 7) is 7.74. The Kier molecular flexibility index (Phi) is 5.79. The van der Waals surface area contributed by atoms with Crippen molar-refractivity contribution < 1.29 is 18.6 Å². The van der Waals surface area contributed by atoms with Crippen molar-refractivity contribution in [2.75, 3.05) is 31.1 Å². The topological polar surface area (TPSA) is 92.5 Å². The van der Waals surface area contributed by atoms with Crippen molar-refractivity contribution in [3.8, 4) is 28.3 Å². The van der Waals surface area contributed by atoms with Crippen molar-refractivity contribution in [3.05, 3.63) is 69.9 Å². The number of nitrogens with zero attached hydrogens (tertiary/aromatic N) is 4. The molecule has 2 N–H and O–H groups in total. The fourth-order valence-electron chi connectivity index (χ4n) is 5.49. The van der Waals surface area contributed by atoms with Gasteiger partial charge in [0.15, 0.2) is 11.6 Å². The summed E-state index contributed by atoms with van der Waals surface area (Å²) in [6, 6.07) is 6.80. The first-order valence-electron chi connectivity index (χ1n) is 12.6. The van der Waals surface area contributed by atoms with E-state index >= 15 is 8.78 Å². The minimum Gasteiger partial charge on any atom is -0.507 e. The Morgan fingerprint density at radius 3 is 2.82 bits per heavy atom. The number of phenolic OH excluding ortho intramolecular Hbond substituents is 1. The minimum absolute atomic E-state index is 0.0361. The molecule has 8 nitrogen and oxygen atoms in total. The van der Waals surface area contributed by atoms with E-state index < -0.39 is 23.1 Å². The quantitative estimate of drug-likeness (QED) is 0.422. The van der Waals surface area contributed by atoms with Crippen LogP contribution in [0, 0.1) is 18.6 Å². The van der Waals surface area contributed by atoms with Crippen molar-refractivity contribution in [2.24, 2.45) is 0 Å². The third kappa shape index (κ3) is 3.62. The Morgan fingerprint density at radius 2 is 2.05 bits per heavy atom. The lowest BCUT2D eigenvalue weighted by Gasteiger charge is -2.35. The number of pyridine rings is 1. The third-order valence-corrected chi connectivity index (χ3v) is 7.29. The Labute approximate surface area is 217 Å². The van der Waals surface area contributed by atoms with Crippen molar-refractivity contribution in [3.63, 3.8) is 0 Å². The van der Waals surface area contributed by atoms with Crippen LogP contribution in [0.5, 0.6) is 11.5 Å². The number of anilines is 1. The molecule has 0 radical (unpaired) electrons. The van der Waals surface area contributed by atoms with E-state index in [9.17, 15) is 9.90 Å². The zero-order chi connectivity index (χ0) is 26.7. The molecule has 1 fully saturated rings. The highest BCUT2D eigenvalue weighted by molar-refractivity contribution is 6.00. The number of hydrogen-bond acceptors (Lipinski definition) is 7. The number of aromatic hydroxyl groups is 1. The molecule has 1 atom stereocenters. The van der Waals surface area contributed by atoms with Gasteiger partial charge >= 0.3 is 5.69 Å². The van der Waals surface area contributed by atoms with Crippen LogP contribution >= 0.6 is 0 Å². The summed E-state index contributed by atoms with van der Waals surface area (Å²) >= 11 is 0. The number of piperazine rings is 1. The molecule has 1 saturated heterocycles. The van der Waals surface area contributed by atoms with E-state index in [2.05, 4.69) is 15.3 Å². The van der Waals surface area contributed by atoms with Crippen LogP contribution in [-0.4, -0.2) is 51.9 Å². The predicted molar refractivity (Wildman–Crippen MR) is 140 cm³/mol. The van der Waals surface area contributed by atoms with Crippen LogP contribution in [0.15, 0.2) is 41.3 Å². The lowest BCUT2D eigenvalue weighted by Crippen LogP contribution is -2.54. The second-order valence-electron chi connectivity index (χ2n) is 10.0. The molecule has 2 aromatic heterocycles. The summed E-state index contributed by atoms with van der Waals surface area (Å²) in [7, 11) is 0. The Bertz CT molecular complexity index is 1630. The maximum absolute atomic E-state index is 16.3. The summed E-state index contributed by atoms with van der Waals surface area (Å²) in [4.78, 5) is 24.8. The highest BCUT2D eigenvalue weighted by Gasteiger charge is 2.35. The van der Waals surface area contributed by atoms with E-state index in [-0.39, 0.29) is 35.4 Å². The normalized spacial score (nSPS) is 16.9. The molecular weight excluding hydrogens is 492 g/mol. The molecular formula is C28H27F2N5O3. The first-order valence-corrected chi connectivity index (χ1v) is 12.6. The largest absolute Gasteiger partial charge is 0.507 e. The molecule has 0 unspecified atom stereocenters. The van der Waals surface area contributed by atoms with Gasteiger partial charge in [-0.25, -0.2) is 13.6 Å². The van der Waals surface area contributed by atoms with Gasteiger partial charge in [0.1, 0.15) is 24.0 Å². The number of rotatable bonds is 3. The van der Waals surface area contributed by atoms with Gasteiger partial charge in [-0.2, -0.15) is 4.98 Å². The minimum atomic E-state index is -0.828. The molecule has 0 saturated carbocycles. The maximum atomic E-state index is 16.3. The number of benzene rings is 2. The van der Waals surface area contributed by atoms with E-state index in [1.165, 1.54) is 22.8 Å². The average Bonchev–Trinajstić information content (AvgIpc) is 3.05. The molecule has 4 aromatic rings. The van der Waals surface area contributed by atoms with Crippen LogP contribution in [0.1, 0.15) is 31.0 Å². The lowest BCUT2D eigenvalue weighted by molar-refractivity contribution is 0.264. The van der Waals surface area contributed by atoms with Gasteiger partial charge in [0, 0.05) is 31.4 Å². The van der Waals surface area contributed by atoms with Crippen LogP contribution in [-0.2, 0) is 0 Å². The zero-order valence-corrected chi connectivity index (χ0v) is 21.3. The predicted octanol–water partition coefficient (Wildman–Crippen LogP) is 4.03. The molecule has 0 aliphatic carbocycles. The lowest BCUT2D eigenvalue weighted by atomic mass is 9.99. The van der Waals surface area contributed by atoms with E-state index in [0.717, 1.165) is 11.6 Å². The number of ether oxygens (including phenoxy) is 1. The zero-order valence-electron chi connectivity index (χ0n) is 21.3. The SMILES string of the molecule is Cc1ccnc(C(C)C)c1-n1c(=O)nc2c3c(c(F)c(-c4c(O)cccc4F)cc31)OC[C@H]1CNCCN21. The van der Waals surface area contributed by atoms with Crippen molar-refractivity contribution >= 4 is 16.7 Å². The number of hydrogen-bond donors (Lipinski definition) is 2. The Balaban J connectivity index is 1.80. The molecule has 196 valence electrons. The standard InChI is InChI=1S/C28H27F2N5O3/c1-14(2)24-25(15(3)7-8-32-24)35-19-11-17(21-18(29)5-4-6-20(21)36)23(30)26-22(19)27(33-28(35)37)34-10-9-31-12-16(34)13-38-26/h4-8,11,14,16,31,36H,9-10,12-13H2,1-3H3/t16-/m1/s1. The van der Waals surface area contributed by atoms with Gasteiger partial charge in [0.2, 0.25) is 0 Å². The number of halogens is 2. The van der Waals surface area contributed by atoms with E-state index in [1.54, 1.807) is 12.3 Å². The molecule has 0 amide bonds. The van der Waals surface area contributed by atoms with Crippen molar-refractivity contribution in [1.29, 1.82) is 0 Å². The average molecular weight is 520 g/mol. The molecule has 38 heavy (non-hydrogen) atoms. The molecule has 10 heteroatoms. The van der Waals surface area contributed by atoms with E-state index in [1.807, 2.05) is 25.7 Å². The summed E-state index contributed by atoms with van der Waals surface area (Å²) in [5.41, 5.74) is 1.20. The Morgan fingerprint density at radius 1 is 1.24 bits per heavy atom. The highest BCUT2D eigenvalue weighted by Crippen LogP contribution is 2.45. The first kappa shape index (κ1) is 24.3. The second kappa shape index (κ2) is 9.05. The van der Waals surface area contributed by atoms with Gasteiger partial charge in [0.25, 0.3) is 0 Å². The number of phenols is 1. The van der Waals surface area contributed by atoms with E-state index in [4.69, 9.17) is 4.74 Å². The van der Waals surface area contributed by atoms with Crippen molar-refractivity contribution in [2.45, 2.75) is 32.7 Å². The molecule has 4 heterocycles. The number of aryl methyl sites for hydroxylation is 1. The van der Waals surface area contributed by atoms with Crippen molar-refractivity contribution in [1.82, 2.24) is 19.9 Å². The number of fused-ring (bicyclic) bond motifs is 2. The van der Waals surface area contributed by atoms with Gasteiger partial charge in [-0.05, 0) is 42.7 Å². The molecule has 6 rings (SSSR count). The summed E-state index contributed by atoms with van der Waals surface area (Å²) in [5.74, 6) is -1.88. The second-order valence-corrected chi connectivity index (χ2v) is 10.0. The smallest absolute Gasteiger partial charge is 0.354 e. The van der Waals surface area contributed by atoms with Crippen LogP contribution in [0.2, 0.25) is 0 Å². The van der Waals surface area contributed by atoms with Gasteiger partial charge in [-0.3, -0.25) is 9.55 Å². The molecule has 2 aliphatic heterocycles. The van der Waals surface area contributed by atoms with Gasteiger partial charge < -0.3 is 20.1 Å². The first-order chi connectivity index (χ1) is 18.3. The molecule has 0 bridgehead atoms. The number of nitrogens with one attached hydrogen (secondary N) is 1. The van der Waals surface area contributed by atoms with E-state index in [0.29, 0.717) is 47.7 Å². The fourth-order valence-corrected chi connectivity index (χ4v) is 5.49. The van der Waals surface area contributed by atoms with Gasteiger partial charge in [0.05, 0.1) is 33.9 Å². The summed E-state index contributed by atoms with van der Waals surface area (Å²) in [5, 5.41) is 14.2. The number of aromatic nitrogens is 3. The van der Waals surface area contributed by atoms with Gasteiger partial charge in [-0.15, -0.1) is 0 Å². The van der Waals surface area contributed by atoms with Gasteiger partial charge in [-0.1, -0.05) is 19.9 Å². The Hall–Kier alpha value is -4.05. The molecule has 0 spiro atoms. The third-order valence-electron chi connectivity index (χ3n) is 7.29. The van der Waals surface area contributed by atoms with Crippen LogP contribution in [0.4, 0.5) is 14.6 Å². The van der Waals surface area contributed by atoms with Crippen LogP contribution < -0.4 is 20.6 Å². The molecule has 2 aliphatic rings. The molecule has 2 aromatic carbocycles. The maximum Gasteiger partial charge on any atom is 0.354 e. The van der Waals surface area contributed by atoms with Crippen LogP contribution in [0.25, 0.3) is 27.7 Å². The summed E-state index contributed by atoms with van der Waals surface area (Å²) in [6.07, 6.45) is 1.68. The monoisotopic (exact) mass is 519 g/mol. The van der Waals surface area contributed by atoms with Crippen LogP contribution in [0.3, 0.4) is 0 Å².